The Labute approximate surface area is 160 Å². The number of nitrogens with one attached hydrogen (secondary N) is 1. The molecule has 1 N–H and O–H groups in total. The van der Waals surface area contributed by atoms with Gasteiger partial charge < -0.3 is 9.47 Å². The number of amides is 1. The number of hydrogen-bond donors (Lipinski definition) is 1. The topological polar surface area (TPSA) is 59.9 Å². The molecule has 132 valence electrons. The first kappa shape index (κ1) is 19.3. The third-order valence-electron chi connectivity index (χ3n) is 3.22. The van der Waals surface area contributed by atoms with E-state index >= 15 is 0 Å². The maximum absolute atomic E-state index is 11.9. The van der Waals surface area contributed by atoms with Crippen LogP contribution in [0.3, 0.4) is 0 Å². The maximum atomic E-state index is 11.9. The van der Waals surface area contributed by atoms with Gasteiger partial charge in [-0.2, -0.15) is 5.10 Å². The Kier molecular flexibility index (Phi) is 7.28. The van der Waals surface area contributed by atoms with Crippen LogP contribution in [-0.2, 0) is 11.2 Å². The van der Waals surface area contributed by atoms with Crippen LogP contribution in [-0.4, -0.2) is 25.8 Å². The lowest BCUT2D eigenvalue weighted by molar-refractivity contribution is -0.120. The molecule has 5 nitrogen and oxygen atoms in total. The van der Waals surface area contributed by atoms with Gasteiger partial charge in [0.15, 0.2) is 11.5 Å². The molecule has 25 heavy (non-hydrogen) atoms. The van der Waals surface area contributed by atoms with Gasteiger partial charge in [0, 0.05) is 5.02 Å². The van der Waals surface area contributed by atoms with Gasteiger partial charge in [-0.1, -0.05) is 23.7 Å². The lowest BCUT2D eigenvalue weighted by Gasteiger charge is -2.11. The maximum Gasteiger partial charge on any atom is 0.244 e. The van der Waals surface area contributed by atoms with Crippen LogP contribution >= 0.6 is 27.5 Å². The number of ether oxygens (including phenoxy) is 2. The van der Waals surface area contributed by atoms with E-state index in [0.29, 0.717) is 23.1 Å². The Morgan fingerprint density at radius 1 is 1.32 bits per heavy atom. The molecule has 0 bridgehead atoms. The van der Waals surface area contributed by atoms with Crippen molar-refractivity contribution >= 4 is 39.7 Å². The van der Waals surface area contributed by atoms with Crippen molar-refractivity contribution in [1.82, 2.24) is 5.43 Å². The number of halogens is 2. The summed E-state index contributed by atoms with van der Waals surface area (Å²) in [4.78, 5) is 11.9. The van der Waals surface area contributed by atoms with Crippen molar-refractivity contribution in [3.05, 3.63) is 57.0 Å². The van der Waals surface area contributed by atoms with Gasteiger partial charge in [-0.05, 0) is 58.2 Å². The van der Waals surface area contributed by atoms with Gasteiger partial charge in [0.05, 0.1) is 30.8 Å². The SMILES string of the molecule is CCOc1cc(/C=N\NC(=O)Cc2ccc(Cl)cc2)cc(Br)c1OC. The molecule has 0 saturated carbocycles. The fraction of sp³-hybridized carbons (Fsp3) is 0.222. The Morgan fingerprint density at radius 3 is 2.68 bits per heavy atom. The van der Waals surface area contributed by atoms with Crippen LogP contribution in [0.5, 0.6) is 11.5 Å². The zero-order chi connectivity index (χ0) is 18.2. The second-order valence-electron chi connectivity index (χ2n) is 5.06. The third kappa shape index (κ3) is 5.76. The molecule has 0 aliphatic rings. The minimum absolute atomic E-state index is 0.212. The van der Waals surface area contributed by atoms with Gasteiger partial charge in [-0.25, -0.2) is 5.43 Å². The molecule has 2 aromatic rings. The van der Waals surface area contributed by atoms with E-state index in [0.717, 1.165) is 15.6 Å². The van der Waals surface area contributed by atoms with Crippen LogP contribution in [0, 0.1) is 0 Å². The van der Waals surface area contributed by atoms with Crippen molar-refractivity contribution < 1.29 is 14.3 Å². The van der Waals surface area contributed by atoms with Gasteiger partial charge in [0.1, 0.15) is 0 Å². The van der Waals surface area contributed by atoms with Crippen molar-refractivity contribution in [2.75, 3.05) is 13.7 Å². The summed E-state index contributed by atoms with van der Waals surface area (Å²) in [6, 6.07) is 10.7. The summed E-state index contributed by atoms with van der Waals surface area (Å²) >= 11 is 9.26. The molecule has 0 aromatic heterocycles. The number of hydrazone groups is 1. The third-order valence-corrected chi connectivity index (χ3v) is 4.06. The molecule has 0 fully saturated rings. The Hall–Kier alpha value is -2.05. The van der Waals surface area contributed by atoms with E-state index < -0.39 is 0 Å². The first-order chi connectivity index (χ1) is 12.0. The number of rotatable bonds is 7. The van der Waals surface area contributed by atoms with E-state index in [2.05, 4.69) is 26.5 Å². The van der Waals surface area contributed by atoms with Gasteiger partial charge in [0.25, 0.3) is 0 Å². The molecule has 0 aliphatic carbocycles. The summed E-state index contributed by atoms with van der Waals surface area (Å²) < 4.78 is 11.6. The number of benzene rings is 2. The summed E-state index contributed by atoms with van der Waals surface area (Å²) in [5.41, 5.74) is 4.13. The van der Waals surface area contributed by atoms with Crippen LogP contribution in [0.25, 0.3) is 0 Å². The summed E-state index contributed by atoms with van der Waals surface area (Å²) in [7, 11) is 1.58. The van der Waals surface area contributed by atoms with Gasteiger partial charge in [-0.3, -0.25) is 4.79 Å². The van der Waals surface area contributed by atoms with E-state index in [-0.39, 0.29) is 12.3 Å². The smallest absolute Gasteiger partial charge is 0.244 e. The molecule has 0 unspecified atom stereocenters. The molecule has 0 saturated heterocycles. The Bertz CT molecular complexity index is 764. The fourth-order valence-electron chi connectivity index (χ4n) is 2.13. The lowest BCUT2D eigenvalue weighted by Crippen LogP contribution is -2.19. The minimum Gasteiger partial charge on any atom is -0.492 e. The number of hydrogen-bond acceptors (Lipinski definition) is 4. The highest BCUT2D eigenvalue weighted by Gasteiger charge is 2.10. The van der Waals surface area contributed by atoms with Crippen LogP contribution in [0.4, 0.5) is 0 Å². The van der Waals surface area contributed by atoms with Crippen LogP contribution in [0.2, 0.25) is 5.02 Å². The number of carbonyl (C=O) groups is 1. The van der Waals surface area contributed by atoms with Crippen LogP contribution in [0.15, 0.2) is 46.0 Å². The van der Waals surface area contributed by atoms with Crippen LogP contribution < -0.4 is 14.9 Å². The van der Waals surface area contributed by atoms with Crippen molar-refractivity contribution in [3.8, 4) is 11.5 Å². The highest BCUT2D eigenvalue weighted by molar-refractivity contribution is 9.10. The standard InChI is InChI=1S/C18H18BrClN2O3/c1-3-25-16-9-13(8-15(19)18(16)24-2)11-21-22-17(23)10-12-4-6-14(20)7-5-12/h4-9,11H,3,10H2,1-2H3,(H,22,23)/b21-11-. The van der Waals surface area contributed by atoms with Gasteiger partial charge >= 0.3 is 0 Å². The predicted molar refractivity (Wildman–Crippen MR) is 103 cm³/mol. The molecular formula is C18H18BrClN2O3. The van der Waals surface area contributed by atoms with Crippen LogP contribution in [0.1, 0.15) is 18.1 Å². The van der Waals surface area contributed by atoms with Crippen molar-refractivity contribution in [3.63, 3.8) is 0 Å². The molecule has 0 heterocycles. The summed E-state index contributed by atoms with van der Waals surface area (Å²) in [6.07, 6.45) is 1.78. The van der Waals surface area contributed by atoms with E-state index in [9.17, 15) is 4.79 Å². The molecule has 0 aliphatic heterocycles. The Morgan fingerprint density at radius 2 is 2.04 bits per heavy atom. The number of carbonyl (C=O) groups excluding carboxylic acids is 1. The van der Waals surface area contributed by atoms with Crippen molar-refractivity contribution in [2.45, 2.75) is 13.3 Å². The van der Waals surface area contributed by atoms with Gasteiger partial charge in [0.2, 0.25) is 5.91 Å². The van der Waals surface area contributed by atoms with E-state index in [4.69, 9.17) is 21.1 Å². The molecule has 0 radical (unpaired) electrons. The molecule has 7 heteroatoms. The Balaban J connectivity index is 2.01. The molecular weight excluding hydrogens is 408 g/mol. The normalized spacial score (nSPS) is 10.7. The molecule has 0 spiro atoms. The minimum atomic E-state index is -0.212. The fourth-order valence-corrected chi connectivity index (χ4v) is 2.88. The predicted octanol–water partition coefficient (Wildman–Crippen LogP) is 4.20. The zero-order valence-corrected chi connectivity index (χ0v) is 16.2. The highest BCUT2D eigenvalue weighted by Crippen LogP contribution is 2.36. The van der Waals surface area contributed by atoms with E-state index in [1.807, 2.05) is 13.0 Å². The largest absolute Gasteiger partial charge is 0.492 e. The monoisotopic (exact) mass is 424 g/mol. The van der Waals surface area contributed by atoms with Crippen molar-refractivity contribution in [1.29, 1.82) is 0 Å². The molecule has 0 atom stereocenters. The summed E-state index contributed by atoms with van der Waals surface area (Å²) in [5, 5.41) is 4.62. The quantitative estimate of drug-likeness (QED) is 0.534. The average molecular weight is 426 g/mol. The van der Waals surface area contributed by atoms with Gasteiger partial charge in [-0.15, -0.1) is 0 Å². The van der Waals surface area contributed by atoms with E-state index in [1.54, 1.807) is 43.7 Å². The first-order valence-electron chi connectivity index (χ1n) is 7.60. The lowest BCUT2D eigenvalue weighted by atomic mass is 10.1. The van der Waals surface area contributed by atoms with E-state index in [1.165, 1.54) is 0 Å². The van der Waals surface area contributed by atoms with Crippen molar-refractivity contribution in [2.24, 2.45) is 5.10 Å². The molecule has 2 aromatic carbocycles. The molecule has 1 amide bonds. The number of nitrogens with zero attached hydrogens (tertiary/aromatic N) is 1. The average Bonchev–Trinajstić information content (AvgIpc) is 2.57. The zero-order valence-electron chi connectivity index (χ0n) is 13.9. The highest BCUT2D eigenvalue weighted by atomic mass is 79.9. The number of methoxy groups -OCH3 is 1. The second-order valence-corrected chi connectivity index (χ2v) is 6.35. The summed E-state index contributed by atoms with van der Waals surface area (Å²) in [5.74, 6) is 1.01. The first-order valence-corrected chi connectivity index (χ1v) is 8.77. The second kappa shape index (κ2) is 9.44. The molecule has 2 rings (SSSR count). The summed E-state index contributed by atoms with van der Waals surface area (Å²) in [6.45, 7) is 2.41.